The zero-order valence-electron chi connectivity index (χ0n) is 11.3. The molecule has 4 rings (SSSR count). The van der Waals surface area contributed by atoms with Crippen LogP contribution in [0.2, 0.25) is 0 Å². The van der Waals surface area contributed by atoms with Crippen LogP contribution in [0.5, 0.6) is 0 Å². The van der Waals surface area contributed by atoms with E-state index in [1.54, 1.807) is 11.1 Å². The molecule has 98 valence electrons. The second kappa shape index (κ2) is 3.70. The molecule has 4 heteroatoms. The van der Waals surface area contributed by atoms with Gasteiger partial charge in [-0.15, -0.1) is 0 Å². The Morgan fingerprint density at radius 2 is 1.90 bits per heavy atom. The van der Waals surface area contributed by atoms with Gasteiger partial charge in [-0.25, -0.2) is 4.98 Å². The van der Waals surface area contributed by atoms with Crippen molar-refractivity contribution in [3.63, 3.8) is 0 Å². The first-order valence-electron chi connectivity index (χ1n) is 6.50. The van der Waals surface area contributed by atoms with Crippen molar-refractivity contribution in [2.75, 3.05) is 19.0 Å². The number of carbonyl (C=O) groups is 1. The normalized spacial score (nSPS) is 15.7. The number of hydrogen-bond acceptors (Lipinski definition) is 3. The minimum absolute atomic E-state index is 0.0499. The highest BCUT2D eigenvalue weighted by Gasteiger charge is 2.34. The van der Waals surface area contributed by atoms with Gasteiger partial charge >= 0.3 is 0 Å². The average Bonchev–Trinajstić information content (AvgIpc) is 2.65. The minimum Gasteiger partial charge on any atom is -0.328 e. The van der Waals surface area contributed by atoms with Gasteiger partial charge < -0.3 is 9.80 Å². The van der Waals surface area contributed by atoms with Gasteiger partial charge in [-0.2, -0.15) is 0 Å². The van der Waals surface area contributed by atoms with Gasteiger partial charge in [0.1, 0.15) is 5.82 Å². The highest BCUT2D eigenvalue weighted by molar-refractivity contribution is 6.15. The van der Waals surface area contributed by atoms with Crippen LogP contribution in [-0.4, -0.2) is 29.9 Å². The summed E-state index contributed by atoms with van der Waals surface area (Å²) >= 11 is 0. The molecule has 2 aliphatic heterocycles. The van der Waals surface area contributed by atoms with E-state index >= 15 is 0 Å². The summed E-state index contributed by atoms with van der Waals surface area (Å²) in [5.41, 5.74) is 4.74. The van der Waals surface area contributed by atoms with Gasteiger partial charge in [0, 0.05) is 31.4 Å². The molecule has 2 aliphatic rings. The highest BCUT2D eigenvalue weighted by atomic mass is 16.2. The molecule has 0 bridgehead atoms. The van der Waals surface area contributed by atoms with Gasteiger partial charge in [-0.1, -0.05) is 6.07 Å². The lowest BCUT2D eigenvalue weighted by molar-refractivity contribution is 0.0875. The zero-order valence-corrected chi connectivity index (χ0v) is 11.3. The lowest BCUT2D eigenvalue weighted by Crippen LogP contribution is -2.17. The monoisotopic (exact) mass is 263 g/mol. The van der Waals surface area contributed by atoms with Crippen LogP contribution in [0.3, 0.4) is 0 Å². The van der Waals surface area contributed by atoms with Crippen molar-refractivity contribution in [1.29, 1.82) is 0 Å². The molecule has 1 aromatic carbocycles. The van der Waals surface area contributed by atoms with Crippen molar-refractivity contribution in [2.24, 2.45) is 0 Å². The van der Waals surface area contributed by atoms with E-state index in [1.165, 1.54) is 0 Å². The number of carbonyl (C=O) groups excluding carboxylic acids is 1. The third kappa shape index (κ3) is 1.25. The van der Waals surface area contributed by atoms with Crippen molar-refractivity contribution in [3.8, 4) is 0 Å². The van der Waals surface area contributed by atoms with Crippen LogP contribution < -0.4 is 4.90 Å². The number of pyridine rings is 1. The topological polar surface area (TPSA) is 36.4 Å². The molecule has 0 radical (unpaired) electrons. The van der Waals surface area contributed by atoms with Crippen LogP contribution in [-0.2, 0) is 0 Å². The summed E-state index contributed by atoms with van der Waals surface area (Å²) in [6, 6.07) is 9.78. The molecule has 0 saturated carbocycles. The van der Waals surface area contributed by atoms with Crippen LogP contribution in [0, 0.1) is 0 Å². The number of fused-ring (bicyclic) bond motifs is 1. The van der Waals surface area contributed by atoms with Gasteiger partial charge in [0.05, 0.1) is 16.9 Å². The molecule has 1 aromatic heterocycles. The lowest BCUT2D eigenvalue weighted by Gasteiger charge is -2.20. The van der Waals surface area contributed by atoms with Gasteiger partial charge in [0.15, 0.2) is 0 Å². The fourth-order valence-corrected chi connectivity index (χ4v) is 2.96. The maximum atomic E-state index is 12.3. The Hall–Kier alpha value is -2.62. The van der Waals surface area contributed by atoms with E-state index in [1.807, 2.05) is 55.4 Å². The van der Waals surface area contributed by atoms with Gasteiger partial charge in [-0.05, 0) is 30.3 Å². The summed E-state index contributed by atoms with van der Waals surface area (Å²) in [6.45, 7) is 0. The Balaban J connectivity index is 2.12. The number of aromatic nitrogens is 1. The van der Waals surface area contributed by atoms with E-state index in [2.05, 4.69) is 4.98 Å². The maximum Gasteiger partial charge on any atom is 0.258 e. The molecule has 0 atom stereocenters. The second-order valence-corrected chi connectivity index (χ2v) is 5.07. The van der Waals surface area contributed by atoms with Gasteiger partial charge in [0.2, 0.25) is 0 Å². The van der Waals surface area contributed by atoms with Crippen molar-refractivity contribution in [1.82, 2.24) is 9.88 Å². The lowest BCUT2D eigenvalue weighted by atomic mass is 10.1. The Morgan fingerprint density at radius 3 is 2.75 bits per heavy atom. The van der Waals surface area contributed by atoms with E-state index in [9.17, 15) is 4.79 Å². The molecule has 4 nitrogen and oxygen atoms in total. The maximum absolute atomic E-state index is 12.3. The Bertz CT molecular complexity index is 779. The van der Waals surface area contributed by atoms with Crippen molar-refractivity contribution in [2.45, 2.75) is 0 Å². The summed E-state index contributed by atoms with van der Waals surface area (Å²) in [4.78, 5) is 20.6. The molecule has 0 saturated heterocycles. The van der Waals surface area contributed by atoms with Crippen molar-refractivity contribution < 1.29 is 4.79 Å². The van der Waals surface area contributed by atoms with E-state index in [0.29, 0.717) is 0 Å². The summed E-state index contributed by atoms with van der Waals surface area (Å²) < 4.78 is 0. The van der Waals surface area contributed by atoms with E-state index in [4.69, 9.17) is 0 Å². The predicted molar refractivity (Wildman–Crippen MR) is 78.7 cm³/mol. The number of amides is 1. The molecule has 1 amide bonds. The molecule has 0 fully saturated rings. The smallest absolute Gasteiger partial charge is 0.258 e. The molecule has 0 N–H and O–H groups in total. The summed E-state index contributed by atoms with van der Waals surface area (Å²) in [5, 5.41) is 0. The minimum atomic E-state index is 0.0499. The first-order chi connectivity index (χ1) is 9.68. The number of nitrogens with zero attached hydrogens (tertiary/aromatic N) is 3. The number of benzene rings is 1. The van der Waals surface area contributed by atoms with E-state index < -0.39 is 0 Å². The van der Waals surface area contributed by atoms with Gasteiger partial charge in [-0.3, -0.25) is 4.79 Å². The van der Waals surface area contributed by atoms with Crippen molar-refractivity contribution >= 4 is 29.2 Å². The number of hydrogen-bond donors (Lipinski definition) is 0. The molecule has 3 heterocycles. The Labute approximate surface area is 117 Å². The van der Waals surface area contributed by atoms with Gasteiger partial charge in [0.25, 0.3) is 5.91 Å². The summed E-state index contributed by atoms with van der Waals surface area (Å²) in [7, 11) is 3.81. The van der Waals surface area contributed by atoms with Crippen molar-refractivity contribution in [3.05, 3.63) is 53.2 Å². The molecule has 0 unspecified atom stereocenters. The molecule has 0 aliphatic carbocycles. The fourth-order valence-electron chi connectivity index (χ4n) is 2.96. The summed E-state index contributed by atoms with van der Waals surface area (Å²) in [5.74, 6) is 0.956. The second-order valence-electron chi connectivity index (χ2n) is 5.07. The first-order valence-corrected chi connectivity index (χ1v) is 6.50. The summed E-state index contributed by atoms with van der Waals surface area (Å²) in [6.07, 6.45) is 3.83. The Kier molecular flexibility index (Phi) is 2.07. The number of rotatable bonds is 0. The third-order valence-corrected chi connectivity index (χ3v) is 3.98. The Morgan fingerprint density at radius 1 is 1.05 bits per heavy atom. The largest absolute Gasteiger partial charge is 0.328 e. The molecular formula is C16H13N3O. The third-order valence-electron chi connectivity index (χ3n) is 3.98. The predicted octanol–water partition coefficient (Wildman–Crippen LogP) is 2.75. The van der Waals surface area contributed by atoms with Crippen LogP contribution in [0.25, 0.3) is 11.8 Å². The standard InChI is InChI=1S/C16H13N3O/c1-18-12-7-3-6-11-14(12)13(19(2)16(11)20)9-10-5-4-8-17-15(10)18/h3-9H,1-2H3. The van der Waals surface area contributed by atoms with Crippen LogP contribution in [0.1, 0.15) is 21.5 Å². The van der Waals surface area contributed by atoms with Crippen LogP contribution in [0.4, 0.5) is 11.5 Å². The molecule has 0 spiro atoms. The quantitative estimate of drug-likeness (QED) is 0.733. The molecule has 20 heavy (non-hydrogen) atoms. The number of anilines is 2. The van der Waals surface area contributed by atoms with E-state index in [0.717, 1.165) is 33.9 Å². The average molecular weight is 263 g/mol. The van der Waals surface area contributed by atoms with Crippen LogP contribution >= 0.6 is 0 Å². The SMILES string of the molecule is CN1C(=O)c2cccc3c2C1=Cc1cccnc1N3C. The first kappa shape index (κ1) is 11.2. The highest BCUT2D eigenvalue weighted by Crippen LogP contribution is 2.44. The zero-order chi connectivity index (χ0) is 13.9. The fraction of sp³-hybridized carbons (Fsp3) is 0.125. The molecule has 2 aromatic rings. The van der Waals surface area contributed by atoms with Crippen LogP contribution in [0.15, 0.2) is 36.5 Å². The molecular weight excluding hydrogens is 250 g/mol. The van der Waals surface area contributed by atoms with E-state index in [-0.39, 0.29) is 5.91 Å².